The molecular formula is C25H25N3O3. The molecule has 0 aliphatic carbocycles. The SMILES string of the molecule is O=C(c1ccoc1)N(c1noc2ccccc12)C1CCN(CCc2ccccc2)CC1. The number of carbonyl (C=O) groups is 1. The molecule has 0 saturated carbocycles. The van der Waals surface area contributed by atoms with Crippen molar-refractivity contribution in [3.05, 3.63) is 84.3 Å². The molecular weight excluding hydrogens is 390 g/mol. The fourth-order valence-corrected chi connectivity index (χ4v) is 4.34. The number of likely N-dealkylation sites (tertiary alicyclic amines) is 1. The van der Waals surface area contributed by atoms with Gasteiger partial charge in [0.1, 0.15) is 6.26 Å². The molecule has 1 aliphatic rings. The third-order valence-electron chi connectivity index (χ3n) is 6.06. The highest BCUT2D eigenvalue weighted by molar-refractivity contribution is 6.09. The predicted molar refractivity (Wildman–Crippen MR) is 119 cm³/mol. The molecule has 0 unspecified atom stereocenters. The average Bonchev–Trinajstić information content (AvgIpc) is 3.50. The maximum atomic E-state index is 13.4. The van der Waals surface area contributed by atoms with E-state index in [2.05, 4.69) is 34.3 Å². The highest BCUT2D eigenvalue weighted by Gasteiger charge is 2.33. The number of anilines is 1. The summed E-state index contributed by atoms with van der Waals surface area (Å²) in [4.78, 5) is 17.7. The van der Waals surface area contributed by atoms with Gasteiger partial charge in [-0.1, -0.05) is 47.6 Å². The van der Waals surface area contributed by atoms with Gasteiger partial charge in [-0.25, -0.2) is 0 Å². The van der Waals surface area contributed by atoms with E-state index in [1.807, 2.05) is 35.2 Å². The third kappa shape index (κ3) is 4.11. The second-order valence-electron chi connectivity index (χ2n) is 8.00. The smallest absolute Gasteiger partial charge is 0.263 e. The van der Waals surface area contributed by atoms with E-state index in [-0.39, 0.29) is 11.9 Å². The maximum Gasteiger partial charge on any atom is 0.263 e. The molecule has 0 atom stereocenters. The summed E-state index contributed by atoms with van der Waals surface area (Å²) in [6.45, 7) is 2.92. The summed E-state index contributed by atoms with van der Waals surface area (Å²) in [7, 11) is 0. The Kier molecular flexibility index (Phi) is 5.54. The van der Waals surface area contributed by atoms with E-state index in [0.717, 1.165) is 44.3 Å². The Labute approximate surface area is 181 Å². The molecule has 0 spiro atoms. The van der Waals surface area contributed by atoms with Crippen LogP contribution in [0.1, 0.15) is 28.8 Å². The number of carbonyl (C=O) groups excluding carboxylic acids is 1. The minimum atomic E-state index is -0.101. The molecule has 2 aromatic carbocycles. The summed E-state index contributed by atoms with van der Waals surface area (Å²) in [5.74, 6) is 0.486. The molecule has 158 valence electrons. The van der Waals surface area contributed by atoms with Crippen molar-refractivity contribution >= 4 is 22.7 Å². The topological polar surface area (TPSA) is 62.7 Å². The van der Waals surface area contributed by atoms with Gasteiger partial charge in [-0.15, -0.1) is 0 Å². The Balaban J connectivity index is 1.34. The van der Waals surface area contributed by atoms with Crippen molar-refractivity contribution in [1.82, 2.24) is 10.1 Å². The first-order chi connectivity index (χ1) is 15.3. The van der Waals surface area contributed by atoms with Crippen LogP contribution in [0.15, 0.2) is 82.1 Å². The average molecular weight is 415 g/mol. The summed E-state index contributed by atoms with van der Waals surface area (Å²) in [6, 6.07) is 20.0. The number of amides is 1. The molecule has 0 N–H and O–H groups in total. The van der Waals surface area contributed by atoms with Crippen molar-refractivity contribution in [3.8, 4) is 0 Å². The number of benzene rings is 2. The van der Waals surface area contributed by atoms with Crippen LogP contribution in [0.2, 0.25) is 0 Å². The Morgan fingerprint density at radius 3 is 2.58 bits per heavy atom. The Morgan fingerprint density at radius 2 is 1.81 bits per heavy atom. The van der Waals surface area contributed by atoms with Crippen LogP contribution in [0.25, 0.3) is 11.0 Å². The normalized spacial score (nSPS) is 15.4. The van der Waals surface area contributed by atoms with Gasteiger partial charge in [0.15, 0.2) is 11.4 Å². The monoisotopic (exact) mass is 415 g/mol. The van der Waals surface area contributed by atoms with E-state index in [1.54, 1.807) is 6.07 Å². The third-order valence-corrected chi connectivity index (χ3v) is 6.06. The molecule has 3 heterocycles. The van der Waals surface area contributed by atoms with Crippen LogP contribution in [0.4, 0.5) is 5.82 Å². The number of fused-ring (bicyclic) bond motifs is 1. The fourth-order valence-electron chi connectivity index (χ4n) is 4.34. The highest BCUT2D eigenvalue weighted by Crippen LogP contribution is 2.31. The number of aromatic nitrogens is 1. The van der Waals surface area contributed by atoms with E-state index in [1.165, 1.54) is 18.1 Å². The van der Waals surface area contributed by atoms with Crippen LogP contribution < -0.4 is 4.90 Å². The van der Waals surface area contributed by atoms with Crippen LogP contribution in [0, 0.1) is 0 Å². The zero-order chi connectivity index (χ0) is 21.0. The van der Waals surface area contributed by atoms with Crippen molar-refractivity contribution < 1.29 is 13.7 Å². The lowest BCUT2D eigenvalue weighted by Crippen LogP contribution is -2.48. The quantitative estimate of drug-likeness (QED) is 0.454. The molecule has 1 amide bonds. The Morgan fingerprint density at radius 1 is 1.03 bits per heavy atom. The zero-order valence-electron chi connectivity index (χ0n) is 17.3. The molecule has 0 radical (unpaired) electrons. The minimum absolute atomic E-state index is 0.0591. The second-order valence-corrected chi connectivity index (χ2v) is 8.00. The van der Waals surface area contributed by atoms with Gasteiger partial charge < -0.3 is 13.8 Å². The van der Waals surface area contributed by atoms with Crippen LogP contribution >= 0.6 is 0 Å². The zero-order valence-corrected chi connectivity index (χ0v) is 17.3. The largest absolute Gasteiger partial charge is 0.472 e. The first-order valence-corrected chi connectivity index (χ1v) is 10.8. The Hall–Kier alpha value is -3.38. The first kappa shape index (κ1) is 19.6. The van der Waals surface area contributed by atoms with Gasteiger partial charge >= 0.3 is 0 Å². The van der Waals surface area contributed by atoms with Gasteiger partial charge in [-0.05, 0) is 43.0 Å². The Bertz CT molecular complexity index is 1130. The van der Waals surface area contributed by atoms with Crippen LogP contribution in [-0.2, 0) is 6.42 Å². The van der Waals surface area contributed by atoms with Gasteiger partial charge in [0.2, 0.25) is 0 Å². The van der Waals surface area contributed by atoms with Gasteiger partial charge in [0.05, 0.1) is 17.2 Å². The summed E-state index contributed by atoms with van der Waals surface area (Å²) in [6.07, 6.45) is 5.83. The first-order valence-electron chi connectivity index (χ1n) is 10.8. The molecule has 0 bridgehead atoms. The molecule has 1 fully saturated rings. The predicted octanol–water partition coefficient (Wildman–Crippen LogP) is 4.77. The van der Waals surface area contributed by atoms with Gasteiger partial charge in [0.25, 0.3) is 5.91 Å². The standard InChI is InChI=1S/C25H25N3O3/c29-25(20-13-17-30-18-20)28(24-22-8-4-5-9-23(22)31-26-24)21-11-15-27(16-12-21)14-10-19-6-2-1-3-7-19/h1-9,13,17-18,21H,10-12,14-16H2. The van der Waals surface area contributed by atoms with Crippen LogP contribution in [0.3, 0.4) is 0 Å². The number of rotatable bonds is 6. The lowest BCUT2D eigenvalue weighted by molar-refractivity contribution is 0.0957. The molecule has 5 rings (SSSR count). The van der Waals surface area contributed by atoms with Gasteiger partial charge in [0, 0.05) is 25.7 Å². The van der Waals surface area contributed by atoms with E-state index in [9.17, 15) is 4.79 Å². The van der Waals surface area contributed by atoms with Crippen molar-refractivity contribution in [2.24, 2.45) is 0 Å². The lowest BCUT2D eigenvalue weighted by Gasteiger charge is -2.37. The number of para-hydroxylation sites is 1. The molecule has 4 aromatic rings. The number of furan rings is 1. The molecule has 1 saturated heterocycles. The van der Waals surface area contributed by atoms with Crippen molar-refractivity contribution in [1.29, 1.82) is 0 Å². The maximum absolute atomic E-state index is 13.4. The van der Waals surface area contributed by atoms with Crippen molar-refractivity contribution in [3.63, 3.8) is 0 Å². The fraction of sp³-hybridized carbons (Fsp3) is 0.280. The van der Waals surface area contributed by atoms with Crippen LogP contribution in [0.5, 0.6) is 0 Å². The van der Waals surface area contributed by atoms with E-state index in [0.29, 0.717) is 17.0 Å². The number of hydrogen-bond acceptors (Lipinski definition) is 5. The van der Waals surface area contributed by atoms with Crippen LogP contribution in [-0.4, -0.2) is 41.6 Å². The second kappa shape index (κ2) is 8.78. The highest BCUT2D eigenvalue weighted by atomic mass is 16.5. The van der Waals surface area contributed by atoms with Gasteiger partial charge in [-0.2, -0.15) is 0 Å². The van der Waals surface area contributed by atoms with E-state index in [4.69, 9.17) is 8.94 Å². The number of hydrogen-bond donors (Lipinski definition) is 0. The number of nitrogens with zero attached hydrogens (tertiary/aromatic N) is 3. The molecule has 2 aromatic heterocycles. The summed E-state index contributed by atoms with van der Waals surface area (Å²) in [5.41, 5.74) is 2.57. The lowest BCUT2D eigenvalue weighted by atomic mass is 10.0. The van der Waals surface area contributed by atoms with Gasteiger partial charge in [-0.3, -0.25) is 9.69 Å². The molecule has 31 heavy (non-hydrogen) atoms. The van der Waals surface area contributed by atoms with E-state index < -0.39 is 0 Å². The minimum Gasteiger partial charge on any atom is -0.472 e. The van der Waals surface area contributed by atoms with Crippen molar-refractivity contribution in [2.75, 3.05) is 24.5 Å². The molecule has 1 aliphatic heterocycles. The molecule has 6 heteroatoms. The summed E-state index contributed by atoms with van der Waals surface area (Å²) >= 11 is 0. The molecule has 6 nitrogen and oxygen atoms in total. The van der Waals surface area contributed by atoms with Crippen molar-refractivity contribution in [2.45, 2.75) is 25.3 Å². The van der Waals surface area contributed by atoms with E-state index >= 15 is 0 Å². The summed E-state index contributed by atoms with van der Waals surface area (Å²) in [5, 5.41) is 5.14. The number of piperidine rings is 1. The summed E-state index contributed by atoms with van der Waals surface area (Å²) < 4.78 is 10.7.